The van der Waals surface area contributed by atoms with Crippen molar-refractivity contribution in [1.82, 2.24) is 14.6 Å². The van der Waals surface area contributed by atoms with E-state index in [4.69, 9.17) is 0 Å². The van der Waals surface area contributed by atoms with Crippen LogP contribution in [-0.4, -0.2) is 40.6 Å². The number of rotatable bonds is 2. The van der Waals surface area contributed by atoms with Gasteiger partial charge in [-0.3, -0.25) is 0 Å². The van der Waals surface area contributed by atoms with E-state index >= 15 is 0 Å². The van der Waals surface area contributed by atoms with E-state index in [-0.39, 0.29) is 11.8 Å². The van der Waals surface area contributed by atoms with Crippen LogP contribution >= 0.6 is 0 Å². The molecule has 102 valence electrons. The highest BCUT2D eigenvalue weighted by molar-refractivity contribution is 7.91. The highest BCUT2D eigenvalue weighted by Crippen LogP contribution is 2.20. The minimum Gasteiger partial charge on any atom is -0.365 e. The van der Waals surface area contributed by atoms with E-state index in [1.807, 2.05) is 13.0 Å². The number of aryl methyl sites for hydroxylation is 1. The van der Waals surface area contributed by atoms with Crippen molar-refractivity contribution in [3.05, 3.63) is 24.2 Å². The summed E-state index contributed by atoms with van der Waals surface area (Å²) < 4.78 is 25.0. The Kier molecular flexibility index (Phi) is 2.93. The molecule has 0 saturated carbocycles. The SMILES string of the molecule is Cc1cc2c(NC3CCCS(=O)(=O)C3)nccn2n1. The number of anilines is 1. The molecule has 0 aromatic carbocycles. The quantitative estimate of drug-likeness (QED) is 0.889. The van der Waals surface area contributed by atoms with E-state index in [1.54, 1.807) is 16.9 Å². The molecule has 1 N–H and O–H groups in total. The third-order valence-electron chi connectivity index (χ3n) is 3.32. The third kappa shape index (κ3) is 2.56. The van der Waals surface area contributed by atoms with Gasteiger partial charge in [-0.1, -0.05) is 0 Å². The zero-order chi connectivity index (χ0) is 13.5. The number of sulfone groups is 1. The van der Waals surface area contributed by atoms with Crippen molar-refractivity contribution >= 4 is 21.2 Å². The van der Waals surface area contributed by atoms with Gasteiger partial charge in [0.25, 0.3) is 0 Å². The molecule has 19 heavy (non-hydrogen) atoms. The van der Waals surface area contributed by atoms with E-state index in [0.717, 1.165) is 17.6 Å². The van der Waals surface area contributed by atoms with Gasteiger partial charge in [0, 0.05) is 18.4 Å². The van der Waals surface area contributed by atoms with Gasteiger partial charge in [0.2, 0.25) is 0 Å². The molecule has 1 aliphatic rings. The Bertz CT molecular complexity index is 708. The monoisotopic (exact) mass is 280 g/mol. The summed E-state index contributed by atoms with van der Waals surface area (Å²) in [7, 11) is -2.91. The molecule has 7 heteroatoms. The van der Waals surface area contributed by atoms with E-state index in [2.05, 4.69) is 15.4 Å². The summed E-state index contributed by atoms with van der Waals surface area (Å²) in [4.78, 5) is 4.30. The molecule has 2 aromatic heterocycles. The second-order valence-electron chi connectivity index (χ2n) is 4.99. The zero-order valence-corrected chi connectivity index (χ0v) is 11.5. The predicted molar refractivity (Wildman–Crippen MR) is 73.0 cm³/mol. The number of nitrogens with one attached hydrogen (secondary N) is 1. The first kappa shape index (κ1) is 12.4. The van der Waals surface area contributed by atoms with Crippen molar-refractivity contribution in [1.29, 1.82) is 0 Å². The van der Waals surface area contributed by atoms with Gasteiger partial charge >= 0.3 is 0 Å². The van der Waals surface area contributed by atoms with Crippen molar-refractivity contribution in [3.8, 4) is 0 Å². The molecule has 3 rings (SSSR count). The summed E-state index contributed by atoms with van der Waals surface area (Å²) >= 11 is 0. The minimum absolute atomic E-state index is 0.0624. The van der Waals surface area contributed by atoms with Crippen LogP contribution in [0.3, 0.4) is 0 Å². The topological polar surface area (TPSA) is 76.4 Å². The highest BCUT2D eigenvalue weighted by atomic mass is 32.2. The maximum Gasteiger partial charge on any atom is 0.152 e. The lowest BCUT2D eigenvalue weighted by molar-refractivity contribution is 0.561. The molecule has 1 unspecified atom stereocenters. The average Bonchev–Trinajstić information content (AvgIpc) is 2.69. The molecule has 1 fully saturated rings. The van der Waals surface area contributed by atoms with Gasteiger partial charge in [-0.2, -0.15) is 5.10 Å². The van der Waals surface area contributed by atoms with Crippen LogP contribution in [0, 0.1) is 6.92 Å². The Morgan fingerprint density at radius 2 is 2.32 bits per heavy atom. The zero-order valence-electron chi connectivity index (χ0n) is 10.7. The molecule has 0 amide bonds. The fourth-order valence-corrected chi connectivity index (χ4v) is 4.12. The maximum atomic E-state index is 11.6. The molecule has 3 heterocycles. The van der Waals surface area contributed by atoms with Crippen LogP contribution in [0.1, 0.15) is 18.5 Å². The molecule has 0 spiro atoms. The molecule has 6 nitrogen and oxygen atoms in total. The molecule has 0 aliphatic carbocycles. The largest absolute Gasteiger partial charge is 0.365 e. The van der Waals surface area contributed by atoms with Gasteiger partial charge in [-0.05, 0) is 25.8 Å². The number of hydrogen-bond acceptors (Lipinski definition) is 5. The van der Waals surface area contributed by atoms with Crippen molar-refractivity contribution in [2.24, 2.45) is 0 Å². The second-order valence-corrected chi connectivity index (χ2v) is 7.22. The van der Waals surface area contributed by atoms with E-state index in [1.165, 1.54) is 0 Å². The van der Waals surface area contributed by atoms with Gasteiger partial charge in [0.1, 0.15) is 5.52 Å². The lowest BCUT2D eigenvalue weighted by atomic mass is 10.2. The van der Waals surface area contributed by atoms with Crippen molar-refractivity contribution in [2.75, 3.05) is 16.8 Å². The number of fused-ring (bicyclic) bond motifs is 1. The average molecular weight is 280 g/mol. The van der Waals surface area contributed by atoms with Crippen molar-refractivity contribution in [2.45, 2.75) is 25.8 Å². The van der Waals surface area contributed by atoms with Crippen LogP contribution in [0.5, 0.6) is 0 Å². The van der Waals surface area contributed by atoms with Crippen LogP contribution < -0.4 is 5.32 Å². The molecule has 1 saturated heterocycles. The summed E-state index contributed by atoms with van der Waals surface area (Å²) in [5.41, 5.74) is 1.79. The maximum absolute atomic E-state index is 11.6. The van der Waals surface area contributed by atoms with E-state index in [0.29, 0.717) is 18.0 Å². The van der Waals surface area contributed by atoms with Crippen molar-refractivity contribution in [3.63, 3.8) is 0 Å². The first-order chi connectivity index (χ1) is 9.03. The van der Waals surface area contributed by atoms with Gasteiger partial charge < -0.3 is 5.32 Å². The summed E-state index contributed by atoms with van der Waals surface area (Å²) in [6.45, 7) is 1.92. The normalized spacial score (nSPS) is 22.5. The van der Waals surface area contributed by atoms with E-state index < -0.39 is 9.84 Å². The summed E-state index contributed by atoms with van der Waals surface area (Å²) in [6.07, 6.45) is 5.01. The number of aromatic nitrogens is 3. The number of hydrogen-bond donors (Lipinski definition) is 1. The Labute approximate surface area is 111 Å². The Morgan fingerprint density at radius 3 is 3.11 bits per heavy atom. The molecule has 1 atom stereocenters. The third-order valence-corrected chi connectivity index (χ3v) is 5.14. The number of nitrogens with zero attached hydrogens (tertiary/aromatic N) is 3. The van der Waals surface area contributed by atoms with Crippen LogP contribution in [0.25, 0.3) is 5.52 Å². The second kappa shape index (κ2) is 4.48. The van der Waals surface area contributed by atoms with Crippen LogP contribution in [0.4, 0.5) is 5.82 Å². The van der Waals surface area contributed by atoms with E-state index in [9.17, 15) is 8.42 Å². The fraction of sp³-hybridized carbons (Fsp3) is 0.500. The lowest BCUT2D eigenvalue weighted by Gasteiger charge is -2.23. The summed E-state index contributed by atoms with van der Waals surface area (Å²) in [5, 5.41) is 7.56. The molecular weight excluding hydrogens is 264 g/mol. The molecule has 0 bridgehead atoms. The smallest absolute Gasteiger partial charge is 0.152 e. The first-order valence-corrected chi connectivity index (χ1v) is 8.14. The molecular formula is C12H16N4O2S. The first-order valence-electron chi connectivity index (χ1n) is 6.31. The molecule has 0 radical (unpaired) electrons. The van der Waals surface area contributed by atoms with Gasteiger partial charge in [0.15, 0.2) is 15.7 Å². The van der Waals surface area contributed by atoms with Crippen LogP contribution in [0.15, 0.2) is 18.5 Å². The summed E-state index contributed by atoms with van der Waals surface area (Å²) in [5.74, 6) is 1.18. The van der Waals surface area contributed by atoms with Gasteiger partial charge in [0.05, 0.1) is 17.2 Å². The minimum atomic E-state index is -2.91. The molecule has 2 aromatic rings. The lowest BCUT2D eigenvalue weighted by Crippen LogP contribution is -2.35. The molecule has 1 aliphatic heterocycles. The Morgan fingerprint density at radius 1 is 1.47 bits per heavy atom. The highest BCUT2D eigenvalue weighted by Gasteiger charge is 2.25. The van der Waals surface area contributed by atoms with Crippen LogP contribution in [0.2, 0.25) is 0 Å². The van der Waals surface area contributed by atoms with Crippen LogP contribution in [-0.2, 0) is 9.84 Å². The van der Waals surface area contributed by atoms with Crippen molar-refractivity contribution < 1.29 is 8.42 Å². The Balaban J connectivity index is 1.89. The predicted octanol–water partition coefficient (Wildman–Crippen LogP) is 1.03. The van der Waals surface area contributed by atoms with Gasteiger partial charge in [-0.15, -0.1) is 0 Å². The summed E-state index contributed by atoms with van der Waals surface area (Å²) in [6, 6.07) is 1.87. The standard InChI is InChI=1S/C12H16N4O2S/c1-9-7-11-12(13-4-5-16(11)15-9)14-10-3-2-6-19(17,18)8-10/h4-5,7,10H,2-3,6,8H2,1H3,(H,13,14). The Hall–Kier alpha value is -1.63. The van der Waals surface area contributed by atoms with Gasteiger partial charge in [-0.25, -0.2) is 17.9 Å². The fourth-order valence-electron chi connectivity index (χ4n) is 2.49.